The Bertz CT molecular complexity index is 843. The third-order valence-corrected chi connectivity index (χ3v) is 6.60. The number of hydrogen-bond acceptors (Lipinski definition) is 4. The van der Waals surface area contributed by atoms with Gasteiger partial charge in [0.25, 0.3) is 0 Å². The van der Waals surface area contributed by atoms with Gasteiger partial charge in [0.2, 0.25) is 10.0 Å². The van der Waals surface area contributed by atoms with Crippen molar-refractivity contribution >= 4 is 10.0 Å². The fourth-order valence-corrected chi connectivity index (χ4v) is 4.81. The van der Waals surface area contributed by atoms with E-state index in [0.717, 1.165) is 42.9 Å². The van der Waals surface area contributed by atoms with Crippen LogP contribution in [0.25, 0.3) is 11.3 Å². The van der Waals surface area contributed by atoms with Gasteiger partial charge < -0.3 is 4.57 Å². The van der Waals surface area contributed by atoms with E-state index in [-0.39, 0.29) is 5.41 Å². The molecule has 2 aliphatic rings. The summed E-state index contributed by atoms with van der Waals surface area (Å²) >= 11 is 0. The predicted molar refractivity (Wildman–Crippen MR) is 86.4 cm³/mol. The molecule has 2 aromatic rings. The zero-order valence-electron chi connectivity index (χ0n) is 13.4. The summed E-state index contributed by atoms with van der Waals surface area (Å²) in [4.78, 5) is 4.70. The van der Waals surface area contributed by atoms with Crippen LogP contribution in [-0.4, -0.2) is 51.4 Å². The molecule has 0 N–H and O–H groups in total. The van der Waals surface area contributed by atoms with Crippen molar-refractivity contribution in [1.29, 1.82) is 0 Å². The van der Waals surface area contributed by atoms with Gasteiger partial charge in [0.15, 0.2) is 0 Å². The first-order chi connectivity index (χ1) is 10.9. The third kappa shape index (κ3) is 2.31. The van der Waals surface area contributed by atoms with Crippen molar-refractivity contribution in [2.75, 3.05) is 19.3 Å². The number of aryl methyl sites for hydroxylation is 1. The van der Waals surface area contributed by atoms with Crippen LogP contribution in [0, 0.1) is 0 Å². The second kappa shape index (κ2) is 4.91. The van der Waals surface area contributed by atoms with Gasteiger partial charge in [-0.3, -0.25) is 4.68 Å². The van der Waals surface area contributed by atoms with E-state index >= 15 is 0 Å². The van der Waals surface area contributed by atoms with Crippen molar-refractivity contribution in [3.8, 4) is 11.3 Å². The number of imidazole rings is 1. The molecule has 23 heavy (non-hydrogen) atoms. The van der Waals surface area contributed by atoms with Crippen LogP contribution in [0.15, 0.2) is 18.6 Å². The first kappa shape index (κ1) is 14.9. The fraction of sp³-hybridized carbons (Fsp3) is 0.600. The monoisotopic (exact) mass is 335 g/mol. The smallest absolute Gasteiger partial charge is 0.211 e. The largest absolute Gasteiger partial charge is 0.327 e. The van der Waals surface area contributed by atoms with Crippen molar-refractivity contribution < 1.29 is 8.42 Å². The molecular weight excluding hydrogens is 314 g/mol. The Kier molecular flexibility index (Phi) is 3.18. The minimum atomic E-state index is -3.09. The lowest BCUT2D eigenvalue weighted by atomic mass is 9.77. The van der Waals surface area contributed by atoms with Crippen molar-refractivity contribution in [3.63, 3.8) is 0 Å². The van der Waals surface area contributed by atoms with Crippen LogP contribution in [0.3, 0.4) is 0 Å². The van der Waals surface area contributed by atoms with Gasteiger partial charge in [0.1, 0.15) is 5.82 Å². The molecule has 2 aliphatic heterocycles. The van der Waals surface area contributed by atoms with Crippen LogP contribution in [-0.2, 0) is 29.0 Å². The molecule has 0 unspecified atom stereocenters. The summed E-state index contributed by atoms with van der Waals surface area (Å²) in [5.41, 5.74) is 2.22. The molecule has 2 aromatic heterocycles. The van der Waals surface area contributed by atoms with E-state index in [2.05, 4.69) is 9.67 Å². The highest BCUT2D eigenvalue weighted by Crippen LogP contribution is 2.44. The summed E-state index contributed by atoms with van der Waals surface area (Å²) in [5, 5.41) is 4.24. The summed E-state index contributed by atoms with van der Waals surface area (Å²) in [7, 11) is -1.18. The molecule has 4 heterocycles. The van der Waals surface area contributed by atoms with E-state index in [1.807, 2.05) is 25.6 Å². The van der Waals surface area contributed by atoms with E-state index in [1.165, 1.54) is 6.26 Å². The normalized spacial score (nSPS) is 21.0. The van der Waals surface area contributed by atoms with E-state index in [9.17, 15) is 8.42 Å². The molecule has 1 fully saturated rings. The van der Waals surface area contributed by atoms with Gasteiger partial charge in [0.05, 0.1) is 24.3 Å². The molecule has 0 amide bonds. The first-order valence-corrected chi connectivity index (χ1v) is 9.74. The highest BCUT2D eigenvalue weighted by Gasteiger charge is 2.45. The van der Waals surface area contributed by atoms with E-state index in [0.29, 0.717) is 13.1 Å². The molecule has 0 aromatic carbocycles. The number of aromatic nitrogens is 4. The number of sulfonamides is 1. The Morgan fingerprint density at radius 1 is 1.13 bits per heavy atom. The SMILES string of the molecule is Cn1cc(-c2cnc3n2CCC32CCN(S(C)(=O)=O)CC2)cn1. The third-order valence-electron chi connectivity index (χ3n) is 5.29. The molecule has 4 rings (SSSR count). The zero-order chi connectivity index (χ0) is 16.2. The molecule has 124 valence electrons. The van der Waals surface area contributed by atoms with E-state index in [4.69, 9.17) is 4.98 Å². The number of piperidine rings is 1. The fourth-order valence-electron chi connectivity index (χ4n) is 3.97. The molecule has 0 radical (unpaired) electrons. The number of fused-ring (bicyclic) bond motifs is 2. The lowest BCUT2D eigenvalue weighted by molar-refractivity contribution is 0.229. The molecule has 7 nitrogen and oxygen atoms in total. The second-order valence-electron chi connectivity index (χ2n) is 6.71. The summed E-state index contributed by atoms with van der Waals surface area (Å²) in [6.45, 7) is 2.13. The van der Waals surface area contributed by atoms with Gasteiger partial charge in [0, 0.05) is 43.9 Å². The lowest BCUT2D eigenvalue weighted by Crippen LogP contribution is -2.44. The van der Waals surface area contributed by atoms with Crippen LogP contribution in [0.1, 0.15) is 25.1 Å². The number of rotatable bonds is 2. The van der Waals surface area contributed by atoms with Gasteiger partial charge in [-0.2, -0.15) is 5.10 Å². The maximum atomic E-state index is 11.7. The maximum absolute atomic E-state index is 11.7. The second-order valence-corrected chi connectivity index (χ2v) is 8.70. The molecule has 1 spiro atoms. The van der Waals surface area contributed by atoms with Crippen LogP contribution in [0.5, 0.6) is 0 Å². The Hall–Kier alpha value is -1.67. The van der Waals surface area contributed by atoms with Crippen LogP contribution in [0.4, 0.5) is 0 Å². The van der Waals surface area contributed by atoms with Crippen molar-refractivity contribution in [1.82, 2.24) is 23.6 Å². The first-order valence-electron chi connectivity index (χ1n) is 7.89. The summed E-state index contributed by atoms with van der Waals surface area (Å²) in [6, 6.07) is 0. The molecular formula is C15H21N5O2S. The quantitative estimate of drug-likeness (QED) is 0.820. The van der Waals surface area contributed by atoms with Crippen molar-refractivity contribution in [2.45, 2.75) is 31.2 Å². The highest BCUT2D eigenvalue weighted by molar-refractivity contribution is 7.88. The molecule has 8 heteroatoms. The van der Waals surface area contributed by atoms with Crippen LogP contribution in [0.2, 0.25) is 0 Å². The Balaban J connectivity index is 1.64. The molecule has 1 saturated heterocycles. The van der Waals surface area contributed by atoms with Gasteiger partial charge in [-0.05, 0) is 19.3 Å². The topological polar surface area (TPSA) is 73.0 Å². The predicted octanol–water partition coefficient (Wildman–Crippen LogP) is 0.980. The minimum Gasteiger partial charge on any atom is -0.327 e. The van der Waals surface area contributed by atoms with E-state index < -0.39 is 10.0 Å². The summed E-state index contributed by atoms with van der Waals surface area (Å²) in [5.74, 6) is 1.12. The van der Waals surface area contributed by atoms with Gasteiger partial charge in [-0.15, -0.1) is 0 Å². The number of hydrogen-bond donors (Lipinski definition) is 0. The van der Waals surface area contributed by atoms with E-state index in [1.54, 1.807) is 8.99 Å². The van der Waals surface area contributed by atoms with Gasteiger partial charge >= 0.3 is 0 Å². The molecule has 0 atom stereocenters. The van der Waals surface area contributed by atoms with Gasteiger partial charge in [-0.25, -0.2) is 17.7 Å². The number of nitrogens with zero attached hydrogens (tertiary/aromatic N) is 5. The molecule has 0 aliphatic carbocycles. The molecule has 0 saturated carbocycles. The van der Waals surface area contributed by atoms with Crippen molar-refractivity contribution in [3.05, 3.63) is 24.4 Å². The Morgan fingerprint density at radius 3 is 2.43 bits per heavy atom. The summed E-state index contributed by atoms with van der Waals surface area (Å²) < 4.78 is 29.1. The Labute approximate surface area is 136 Å². The van der Waals surface area contributed by atoms with Crippen molar-refractivity contribution in [2.24, 2.45) is 7.05 Å². The minimum absolute atomic E-state index is 0.0294. The zero-order valence-corrected chi connectivity index (χ0v) is 14.3. The molecule has 0 bridgehead atoms. The highest BCUT2D eigenvalue weighted by atomic mass is 32.2. The van der Waals surface area contributed by atoms with Gasteiger partial charge in [-0.1, -0.05) is 0 Å². The standard InChI is InChI=1S/C15H21N5O2S/c1-18-11-12(9-17-18)13-10-16-14-15(5-8-20(13)14)3-6-19(7-4-15)23(2,21)22/h9-11H,3-8H2,1-2H3. The Morgan fingerprint density at radius 2 is 1.83 bits per heavy atom. The average Bonchev–Trinajstić information content (AvgIpc) is 3.17. The van der Waals surface area contributed by atoms with Crippen LogP contribution < -0.4 is 0 Å². The maximum Gasteiger partial charge on any atom is 0.211 e. The average molecular weight is 335 g/mol. The van der Waals surface area contributed by atoms with Crippen LogP contribution >= 0.6 is 0 Å². The summed E-state index contributed by atoms with van der Waals surface area (Å²) in [6.07, 6.45) is 9.83. The lowest BCUT2D eigenvalue weighted by Gasteiger charge is -2.37.